The molecule has 0 radical (unpaired) electrons. The number of anilines is 1. The van der Waals surface area contributed by atoms with Crippen LogP contribution in [0.15, 0.2) is 47.1 Å². The van der Waals surface area contributed by atoms with E-state index in [0.717, 1.165) is 4.90 Å². The molecule has 0 saturated heterocycles. The molecule has 2 atom stereocenters. The van der Waals surface area contributed by atoms with Crippen LogP contribution in [-0.4, -0.2) is 30.2 Å². The molecule has 0 fully saturated rings. The average molecular weight is 410 g/mol. The normalized spacial score (nSPS) is 25.3. The van der Waals surface area contributed by atoms with Crippen molar-refractivity contribution in [1.29, 1.82) is 0 Å². The molecule has 2 amide bonds. The van der Waals surface area contributed by atoms with Crippen molar-refractivity contribution in [2.45, 2.75) is 39.0 Å². The van der Waals surface area contributed by atoms with Crippen molar-refractivity contribution in [3.63, 3.8) is 0 Å². The van der Waals surface area contributed by atoms with Gasteiger partial charge in [-0.2, -0.15) is 0 Å². The highest BCUT2D eigenvalue weighted by molar-refractivity contribution is 6.30. The Morgan fingerprint density at radius 1 is 1.27 bits per heavy atom. The first-order chi connectivity index (χ1) is 14.2. The third kappa shape index (κ3) is 2.46. The summed E-state index contributed by atoms with van der Waals surface area (Å²) >= 11 is 0. The Balaban J connectivity index is 2.12. The number of benzene rings is 1. The fourth-order valence-electron chi connectivity index (χ4n) is 4.70. The van der Waals surface area contributed by atoms with Gasteiger partial charge >= 0.3 is 5.97 Å². The van der Waals surface area contributed by atoms with Crippen molar-refractivity contribution >= 4 is 29.3 Å². The first-order valence-electron chi connectivity index (χ1n) is 9.81. The number of hydrogen-bond donors (Lipinski definition) is 1. The molecule has 1 aliphatic carbocycles. The minimum Gasteiger partial charge on any atom is -0.462 e. The summed E-state index contributed by atoms with van der Waals surface area (Å²) in [6, 6.07) is 6.59. The van der Waals surface area contributed by atoms with Gasteiger partial charge in [0.2, 0.25) is 11.8 Å². The Morgan fingerprint density at radius 2 is 1.97 bits per heavy atom. The second-order valence-electron chi connectivity index (χ2n) is 7.72. The van der Waals surface area contributed by atoms with Gasteiger partial charge in [-0.1, -0.05) is 25.1 Å². The van der Waals surface area contributed by atoms with E-state index in [-0.39, 0.29) is 47.5 Å². The van der Waals surface area contributed by atoms with Gasteiger partial charge in [0, 0.05) is 25.3 Å². The lowest BCUT2D eigenvalue weighted by Gasteiger charge is -2.39. The summed E-state index contributed by atoms with van der Waals surface area (Å²) in [5, 5.41) is 0. The minimum absolute atomic E-state index is 0.0131. The second-order valence-corrected chi connectivity index (χ2v) is 7.72. The molecule has 4 rings (SSSR count). The number of carbonyl (C=O) groups is 4. The van der Waals surface area contributed by atoms with E-state index in [9.17, 15) is 19.2 Å². The zero-order valence-electron chi connectivity index (χ0n) is 17.0. The summed E-state index contributed by atoms with van der Waals surface area (Å²) in [4.78, 5) is 53.6. The molecule has 1 aromatic rings. The van der Waals surface area contributed by atoms with Gasteiger partial charge in [-0.05, 0) is 18.9 Å². The highest BCUT2D eigenvalue weighted by atomic mass is 16.5. The van der Waals surface area contributed by atoms with Gasteiger partial charge in [-0.3, -0.25) is 14.4 Å². The molecule has 8 heteroatoms. The lowest BCUT2D eigenvalue weighted by molar-refractivity contribution is -0.141. The van der Waals surface area contributed by atoms with Gasteiger partial charge in [-0.25, -0.2) is 9.69 Å². The van der Waals surface area contributed by atoms with Crippen LogP contribution in [0.25, 0.3) is 0 Å². The van der Waals surface area contributed by atoms with Gasteiger partial charge in [0.25, 0.3) is 5.91 Å². The summed E-state index contributed by atoms with van der Waals surface area (Å²) in [6.45, 7) is 4.80. The van der Waals surface area contributed by atoms with Crippen LogP contribution in [0.5, 0.6) is 0 Å². The number of Topliss-reactive ketones (excluding diaryl/α,β-unsaturated/α-hetero) is 1. The lowest BCUT2D eigenvalue weighted by atomic mass is 9.64. The van der Waals surface area contributed by atoms with E-state index in [4.69, 9.17) is 15.2 Å². The van der Waals surface area contributed by atoms with E-state index in [1.54, 1.807) is 31.2 Å². The van der Waals surface area contributed by atoms with Crippen LogP contribution in [0, 0.1) is 5.92 Å². The van der Waals surface area contributed by atoms with E-state index in [0.29, 0.717) is 17.7 Å². The minimum atomic E-state index is -1.87. The standard InChI is InChI=1S/C22H22N2O6/c1-4-29-20(27)18-19(23)30-16-10-11(2)9-15(26)17(16)22(18)13-7-5-6-8-14(13)24(12(3)25)21(22)28/h5-8,11H,4,9-10,23H2,1-3H3/t11-,22+/m1/s1. The van der Waals surface area contributed by atoms with E-state index in [1.807, 2.05) is 6.92 Å². The first-order valence-corrected chi connectivity index (χ1v) is 9.81. The van der Waals surface area contributed by atoms with Crippen LogP contribution >= 0.6 is 0 Å². The number of rotatable bonds is 2. The molecule has 2 heterocycles. The van der Waals surface area contributed by atoms with E-state index in [2.05, 4.69) is 0 Å². The summed E-state index contributed by atoms with van der Waals surface area (Å²) in [5.74, 6) is -2.47. The van der Waals surface area contributed by atoms with Crippen molar-refractivity contribution in [2.24, 2.45) is 11.7 Å². The zero-order valence-corrected chi connectivity index (χ0v) is 17.0. The van der Waals surface area contributed by atoms with Crippen molar-refractivity contribution in [2.75, 3.05) is 11.5 Å². The number of imide groups is 1. The molecule has 2 aliphatic heterocycles. The number of esters is 1. The Labute approximate surface area is 173 Å². The highest BCUT2D eigenvalue weighted by Crippen LogP contribution is 2.56. The van der Waals surface area contributed by atoms with Gasteiger partial charge in [0.1, 0.15) is 16.7 Å². The van der Waals surface area contributed by atoms with Crippen molar-refractivity contribution in [3.05, 3.63) is 52.6 Å². The summed E-state index contributed by atoms with van der Waals surface area (Å²) < 4.78 is 10.9. The smallest absolute Gasteiger partial charge is 0.341 e. The van der Waals surface area contributed by atoms with Gasteiger partial charge in [0.15, 0.2) is 5.78 Å². The molecule has 0 aromatic heterocycles. The number of amides is 2. The van der Waals surface area contributed by atoms with Crippen molar-refractivity contribution in [1.82, 2.24) is 0 Å². The number of carbonyl (C=O) groups excluding carboxylic acids is 4. The molecule has 1 spiro atoms. The maximum atomic E-state index is 13.9. The molecule has 0 unspecified atom stereocenters. The molecule has 0 saturated carbocycles. The molecule has 8 nitrogen and oxygen atoms in total. The molecule has 0 bridgehead atoms. The van der Waals surface area contributed by atoms with E-state index in [1.165, 1.54) is 6.92 Å². The van der Waals surface area contributed by atoms with Crippen LogP contribution in [0.4, 0.5) is 5.69 Å². The number of nitrogens with zero attached hydrogens (tertiary/aromatic N) is 1. The number of nitrogens with two attached hydrogens (primary N) is 1. The molecule has 30 heavy (non-hydrogen) atoms. The molecule has 1 aromatic carbocycles. The predicted molar refractivity (Wildman–Crippen MR) is 106 cm³/mol. The third-order valence-corrected chi connectivity index (χ3v) is 5.72. The van der Waals surface area contributed by atoms with E-state index < -0.39 is 23.2 Å². The highest BCUT2D eigenvalue weighted by Gasteiger charge is 2.64. The quantitative estimate of drug-likeness (QED) is 0.740. The Bertz CT molecular complexity index is 1070. The molecule has 156 valence electrons. The van der Waals surface area contributed by atoms with E-state index >= 15 is 0 Å². The fraction of sp³-hybridized carbons (Fsp3) is 0.364. The molecular formula is C22H22N2O6. The van der Waals surface area contributed by atoms with Crippen molar-refractivity contribution in [3.8, 4) is 0 Å². The number of para-hydroxylation sites is 1. The second kappa shape index (κ2) is 6.83. The third-order valence-electron chi connectivity index (χ3n) is 5.72. The Hall–Kier alpha value is -3.42. The van der Waals surface area contributed by atoms with Crippen LogP contribution in [-0.2, 0) is 34.1 Å². The largest absolute Gasteiger partial charge is 0.462 e. The van der Waals surface area contributed by atoms with Gasteiger partial charge in [0.05, 0.1) is 17.9 Å². The zero-order chi connectivity index (χ0) is 21.8. The van der Waals surface area contributed by atoms with Crippen LogP contribution in [0.3, 0.4) is 0 Å². The predicted octanol–water partition coefficient (Wildman–Crippen LogP) is 1.83. The Morgan fingerprint density at radius 3 is 2.63 bits per heavy atom. The number of hydrogen-bond acceptors (Lipinski definition) is 7. The van der Waals surface area contributed by atoms with Gasteiger partial charge in [-0.15, -0.1) is 0 Å². The Kier molecular flexibility index (Phi) is 4.52. The lowest BCUT2D eigenvalue weighted by Crippen LogP contribution is -2.52. The summed E-state index contributed by atoms with van der Waals surface area (Å²) in [5.41, 5.74) is 4.75. The SMILES string of the molecule is CCOC(=O)C1=C(N)OC2=C(C(=O)C[C@@H](C)C2)[C@]12C(=O)N(C(C)=O)c1ccccc12. The fourth-order valence-corrected chi connectivity index (χ4v) is 4.70. The molecule has 2 N–H and O–H groups in total. The van der Waals surface area contributed by atoms with Crippen LogP contribution in [0.2, 0.25) is 0 Å². The summed E-state index contributed by atoms with van der Waals surface area (Å²) in [7, 11) is 0. The average Bonchev–Trinajstić information content (AvgIpc) is 2.90. The van der Waals surface area contributed by atoms with Crippen LogP contribution in [0.1, 0.15) is 39.2 Å². The number of allylic oxidation sites excluding steroid dienone is 1. The monoisotopic (exact) mass is 410 g/mol. The first kappa shape index (κ1) is 19.9. The summed E-state index contributed by atoms with van der Waals surface area (Å²) in [6.07, 6.45) is 0.574. The van der Waals surface area contributed by atoms with Crippen molar-refractivity contribution < 1.29 is 28.7 Å². The number of ether oxygens (including phenoxy) is 2. The maximum absolute atomic E-state index is 13.9. The van der Waals surface area contributed by atoms with Crippen LogP contribution < -0.4 is 10.6 Å². The molecular weight excluding hydrogens is 388 g/mol. The topological polar surface area (TPSA) is 116 Å². The van der Waals surface area contributed by atoms with Gasteiger partial charge < -0.3 is 15.2 Å². The number of ketones is 1. The number of fused-ring (bicyclic) bond motifs is 3. The maximum Gasteiger partial charge on any atom is 0.341 e. The molecule has 3 aliphatic rings.